The van der Waals surface area contributed by atoms with Crippen molar-refractivity contribution in [2.45, 2.75) is 19.4 Å². The van der Waals surface area contributed by atoms with Crippen molar-refractivity contribution in [2.24, 2.45) is 0 Å². The van der Waals surface area contributed by atoms with Crippen molar-refractivity contribution in [1.29, 1.82) is 0 Å². The lowest BCUT2D eigenvalue weighted by molar-refractivity contribution is 0.102. The van der Waals surface area contributed by atoms with E-state index >= 15 is 0 Å². The lowest BCUT2D eigenvalue weighted by Crippen LogP contribution is -2.17. The summed E-state index contributed by atoms with van der Waals surface area (Å²) in [6.45, 7) is 1.88. The Morgan fingerprint density at radius 3 is 2.82 bits per heavy atom. The summed E-state index contributed by atoms with van der Waals surface area (Å²) in [7, 11) is -3.07. The Labute approximate surface area is 172 Å². The molecule has 1 aromatic carbocycles. The molecule has 0 spiro atoms. The van der Waals surface area contributed by atoms with Crippen LogP contribution >= 0.6 is 22.9 Å². The number of nitrogens with one attached hydrogen (secondary N) is 1. The number of nitrogens with zero attached hydrogens (tertiary/aromatic N) is 2. The number of thiophene rings is 1. The SMILES string of the molecule is Cc1ccc(Cl)cc1NC(=O)c1cc(-c2cccs2)n(C2CCS(=O)(=O)C2)n1. The molecular formula is C19H18ClN3O3S2. The van der Waals surface area contributed by atoms with Gasteiger partial charge in [-0.25, -0.2) is 8.42 Å². The summed E-state index contributed by atoms with van der Waals surface area (Å²) in [5.74, 6) is -0.172. The van der Waals surface area contributed by atoms with E-state index in [4.69, 9.17) is 11.6 Å². The first-order valence-electron chi connectivity index (χ1n) is 8.74. The van der Waals surface area contributed by atoms with E-state index in [1.54, 1.807) is 22.9 Å². The van der Waals surface area contributed by atoms with Crippen molar-refractivity contribution in [3.8, 4) is 10.6 Å². The van der Waals surface area contributed by atoms with Gasteiger partial charge >= 0.3 is 0 Å². The second kappa shape index (κ2) is 7.35. The summed E-state index contributed by atoms with van der Waals surface area (Å²) in [4.78, 5) is 13.7. The molecule has 1 atom stereocenters. The van der Waals surface area contributed by atoms with Crippen LogP contribution in [0.5, 0.6) is 0 Å². The molecule has 3 aromatic rings. The Kier molecular flexibility index (Phi) is 5.03. The molecule has 1 fully saturated rings. The lowest BCUT2D eigenvalue weighted by Gasteiger charge is -2.12. The van der Waals surface area contributed by atoms with Crippen LogP contribution in [0.4, 0.5) is 5.69 Å². The van der Waals surface area contributed by atoms with Crippen molar-refractivity contribution < 1.29 is 13.2 Å². The van der Waals surface area contributed by atoms with Crippen LogP contribution < -0.4 is 5.32 Å². The maximum Gasteiger partial charge on any atom is 0.276 e. The predicted molar refractivity (Wildman–Crippen MR) is 112 cm³/mol. The van der Waals surface area contributed by atoms with Gasteiger partial charge in [0.1, 0.15) is 0 Å². The number of carbonyl (C=O) groups excluding carboxylic acids is 1. The largest absolute Gasteiger partial charge is 0.320 e. The number of sulfone groups is 1. The third kappa shape index (κ3) is 3.85. The van der Waals surface area contributed by atoms with Gasteiger partial charge in [0.15, 0.2) is 15.5 Å². The van der Waals surface area contributed by atoms with E-state index in [2.05, 4.69) is 10.4 Å². The minimum atomic E-state index is -3.07. The molecule has 1 aliphatic heterocycles. The van der Waals surface area contributed by atoms with Crippen LogP contribution in [0.2, 0.25) is 5.02 Å². The molecule has 6 nitrogen and oxygen atoms in total. The molecule has 1 N–H and O–H groups in total. The van der Waals surface area contributed by atoms with Crippen LogP contribution in [-0.4, -0.2) is 35.6 Å². The van der Waals surface area contributed by atoms with E-state index in [0.717, 1.165) is 16.1 Å². The van der Waals surface area contributed by atoms with Crippen molar-refractivity contribution in [1.82, 2.24) is 9.78 Å². The summed E-state index contributed by atoms with van der Waals surface area (Å²) < 4.78 is 25.6. The predicted octanol–water partition coefficient (Wildman–Crippen LogP) is 4.19. The fraction of sp³-hybridized carbons (Fsp3) is 0.263. The number of aromatic nitrogens is 2. The fourth-order valence-corrected chi connectivity index (χ4v) is 5.87. The number of aryl methyl sites for hydroxylation is 1. The number of hydrogen-bond acceptors (Lipinski definition) is 5. The first-order valence-corrected chi connectivity index (χ1v) is 11.8. The summed E-state index contributed by atoms with van der Waals surface area (Å²) in [6.07, 6.45) is 0.497. The third-order valence-electron chi connectivity index (χ3n) is 4.74. The van der Waals surface area contributed by atoms with Crippen LogP contribution in [0.1, 0.15) is 28.5 Å². The van der Waals surface area contributed by atoms with E-state index in [1.165, 1.54) is 11.3 Å². The maximum atomic E-state index is 12.8. The molecule has 146 valence electrons. The number of carbonyl (C=O) groups is 1. The van der Waals surface area contributed by atoms with Crippen LogP contribution in [0.3, 0.4) is 0 Å². The quantitative estimate of drug-likeness (QED) is 0.666. The summed E-state index contributed by atoms with van der Waals surface area (Å²) in [5, 5.41) is 9.79. The van der Waals surface area contributed by atoms with E-state index in [-0.39, 0.29) is 29.1 Å². The molecule has 0 aliphatic carbocycles. The maximum absolute atomic E-state index is 12.8. The molecule has 0 saturated carbocycles. The number of rotatable bonds is 4. The fourth-order valence-electron chi connectivity index (χ4n) is 3.28. The first kappa shape index (κ1) is 19.2. The molecule has 4 rings (SSSR count). The van der Waals surface area contributed by atoms with Crippen molar-refractivity contribution in [2.75, 3.05) is 16.8 Å². The lowest BCUT2D eigenvalue weighted by atomic mass is 10.2. The van der Waals surface area contributed by atoms with E-state index in [1.807, 2.05) is 30.5 Å². The number of benzene rings is 1. The average molecular weight is 436 g/mol. The number of anilines is 1. The van der Waals surface area contributed by atoms with E-state index in [9.17, 15) is 13.2 Å². The molecule has 0 bridgehead atoms. The zero-order valence-electron chi connectivity index (χ0n) is 15.1. The van der Waals surface area contributed by atoms with Gasteiger partial charge in [0, 0.05) is 10.7 Å². The van der Waals surface area contributed by atoms with Crippen LogP contribution in [0.15, 0.2) is 41.8 Å². The minimum absolute atomic E-state index is 0.0432. The van der Waals surface area contributed by atoms with Crippen LogP contribution in [0, 0.1) is 6.92 Å². The smallest absolute Gasteiger partial charge is 0.276 e. The van der Waals surface area contributed by atoms with Gasteiger partial charge < -0.3 is 5.32 Å². The number of amides is 1. The zero-order chi connectivity index (χ0) is 19.9. The third-order valence-corrected chi connectivity index (χ3v) is 7.62. The van der Waals surface area contributed by atoms with Gasteiger partial charge in [-0.05, 0) is 48.6 Å². The molecule has 3 heterocycles. The van der Waals surface area contributed by atoms with E-state index < -0.39 is 9.84 Å². The Morgan fingerprint density at radius 1 is 1.32 bits per heavy atom. The Hall–Kier alpha value is -2.16. The summed E-state index contributed by atoms with van der Waals surface area (Å²) >= 11 is 7.55. The van der Waals surface area contributed by atoms with Gasteiger partial charge in [-0.1, -0.05) is 23.7 Å². The number of hydrogen-bond donors (Lipinski definition) is 1. The van der Waals surface area contributed by atoms with Gasteiger partial charge in [0.25, 0.3) is 5.91 Å². The van der Waals surface area contributed by atoms with Crippen LogP contribution in [-0.2, 0) is 9.84 Å². The Balaban J connectivity index is 1.69. The van der Waals surface area contributed by atoms with Crippen molar-refractivity contribution in [3.63, 3.8) is 0 Å². The second-order valence-electron chi connectivity index (χ2n) is 6.81. The molecule has 1 unspecified atom stereocenters. The monoisotopic (exact) mass is 435 g/mol. The topological polar surface area (TPSA) is 81.1 Å². The average Bonchev–Trinajstić information content (AvgIpc) is 3.36. The Bertz CT molecular complexity index is 1140. The molecule has 1 saturated heterocycles. The van der Waals surface area contributed by atoms with Gasteiger partial charge in [0.2, 0.25) is 0 Å². The minimum Gasteiger partial charge on any atom is -0.320 e. The molecule has 2 aromatic heterocycles. The molecule has 28 heavy (non-hydrogen) atoms. The normalized spacial score (nSPS) is 18.3. The highest BCUT2D eigenvalue weighted by Crippen LogP contribution is 2.32. The van der Waals surface area contributed by atoms with Gasteiger partial charge in [-0.2, -0.15) is 5.10 Å². The van der Waals surface area contributed by atoms with Crippen LogP contribution in [0.25, 0.3) is 10.6 Å². The summed E-state index contributed by atoms with van der Waals surface area (Å²) in [5.41, 5.74) is 2.50. The molecular weight excluding hydrogens is 418 g/mol. The molecule has 1 aliphatic rings. The number of halogens is 1. The van der Waals surface area contributed by atoms with E-state index in [0.29, 0.717) is 17.1 Å². The zero-order valence-corrected chi connectivity index (χ0v) is 17.4. The second-order valence-corrected chi connectivity index (χ2v) is 10.4. The standard InChI is InChI=1S/C19H18ClN3O3S2/c1-12-4-5-13(20)9-15(12)21-19(24)16-10-17(18-3-2-7-27-18)23(22-16)14-6-8-28(25,26)11-14/h2-5,7,9-10,14H,6,8,11H2,1H3,(H,21,24). The highest BCUT2D eigenvalue weighted by molar-refractivity contribution is 7.91. The van der Waals surface area contributed by atoms with Gasteiger partial charge in [-0.3, -0.25) is 9.48 Å². The molecule has 1 amide bonds. The molecule has 0 radical (unpaired) electrons. The van der Waals surface area contributed by atoms with Crippen molar-refractivity contribution in [3.05, 3.63) is 58.1 Å². The van der Waals surface area contributed by atoms with Gasteiger partial charge in [0.05, 0.1) is 28.1 Å². The van der Waals surface area contributed by atoms with Gasteiger partial charge in [-0.15, -0.1) is 11.3 Å². The summed E-state index contributed by atoms with van der Waals surface area (Å²) in [6, 6.07) is 10.6. The highest BCUT2D eigenvalue weighted by Gasteiger charge is 2.32. The highest BCUT2D eigenvalue weighted by atomic mass is 35.5. The molecule has 9 heteroatoms. The first-order chi connectivity index (χ1) is 13.3. The van der Waals surface area contributed by atoms with Crippen molar-refractivity contribution >= 4 is 44.4 Å². The Morgan fingerprint density at radius 2 is 2.14 bits per heavy atom.